The van der Waals surface area contributed by atoms with E-state index in [1.165, 1.54) is 0 Å². The first-order valence-corrected chi connectivity index (χ1v) is 6.76. The zero-order valence-electron chi connectivity index (χ0n) is 11.9. The number of carbonyl (C=O) groups is 2. The Labute approximate surface area is 118 Å². The van der Waals surface area contributed by atoms with E-state index in [4.69, 9.17) is 9.84 Å². The number of hydrogen-bond donors (Lipinski definition) is 2. The van der Waals surface area contributed by atoms with E-state index in [0.29, 0.717) is 17.9 Å². The van der Waals surface area contributed by atoms with E-state index in [1.807, 2.05) is 0 Å². The number of benzene rings is 1. The van der Waals surface area contributed by atoms with Gasteiger partial charge in [-0.1, -0.05) is 25.5 Å². The average Bonchev–Trinajstić information content (AvgIpc) is 2.40. The van der Waals surface area contributed by atoms with Crippen molar-refractivity contribution < 1.29 is 19.4 Å². The van der Waals surface area contributed by atoms with E-state index in [0.717, 1.165) is 12.8 Å². The lowest BCUT2D eigenvalue weighted by molar-refractivity contribution is -0.136. The number of rotatable bonds is 8. The minimum absolute atomic E-state index is 0.0231. The van der Waals surface area contributed by atoms with Gasteiger partial charge in [0.05, 0.1) is 6.42 Å². The molecule has 0 heterocycles. The fraction of sp³-hybridized carbons (Fsp3) is 0.467. The second kappa shape index (κ2) is 8.32. The molecule has 1 unspecified atom stereocenters. The third kappa shape index (κ3) is 5.84. The van der Waals surface area contributed by atoms with Crippen LogP contribution in [0.5, 0.6) is 0 Å². The van der Waals surface area contributed by atoms with Crippen molar-refractivity contribution in [3.05, 3.63) is 29.8 Å². The summed E-state index contributed by atoms with van der Waals surface area (Å²) < 4.78 is 5.40. The molecule has 1 amide bonds. The number of anilines is 1. The van der Waals surface area contributed by atoms with Gasteiger partial charge in [0.1, 0.15) is 6.10 Å². The summed E-state index contributed by atoms with van der Waals surface area (Å²) in [7, 11) is 0. The number of carboxylic acids is 1. The van der Waals surface area contributed by atoms with Gasteiger partial charge in [-0.15, -0.1) is 0 Å². The van der Waals surface area contributed by atoms with Crippen molar-refractivity contribution in [1.29, 1.82) is 0 Å². The maximum Gasteiger partial charge on any atom is 0.307 e. The van der Waals surface area contributed by atoms with Crippen LogP contribution in [0.3, 0.4) is 0 Å². The van der Waals surface area contributed by atoms with E-state index in [9.17, 15) is 9.59 Å². The van der Waals surface area contributed by atoms with Crippen molar-refractivity contribution in [3.63, 3.8) is 0 Å². The number of aliphatic carboxylic acids is 1. The Balaban J connectivity index is 2.47. The fourth-order valence-electron chi connectivity index (χ4n) is 1.60. The van der Waals surface area contributed by atoms with E-state index in [1.54, 1.807) is 31.2 Å². The highest BCUT2D eigenvalue weighted by molar-refractivity contribution is 5.93. The van der Waals surface area contributed by atoms with Crippen LogP contribution in [0.1, 0.15) is 32.3 Å². The summed E-state index contributed by atoms with van der Waals surface area (Å²) in [5, 5.41) is 11.4. The predicted octanol–water partition coefficient (Wildman–Crippen LogP) is 2.46. The molecule has 0 aliphatic rings. The number of carbonyl (C=O) groups excluding carboxylic acids is 1. The van der Waals surface area contributed by atoms with Crippen LogP contribution >= 0.6 is 0 Å². The van der Waals surface area contributed by atoms with Crippen LogP contribution in [0.4, 0.5) is 5.69 Å². The van der Waals surface area contributed by atoms with Crippen LogP contribution in [-0.2, 0) is 20.7 Å². The molecule has 20 heavy (non-hydrogen) atoms. The zero-order chi connectivity index (χ0) is 15.0. The summed E-state index contributed by atoms with van der Waals surface area (Å²) in [6.07, 6.45) is 1.44. The molecule has 1 aromatic carbocycles. The van der Waals surface area contributed by atoms with Crippen LogP contribution in [0.25, 0.3) is 0 Å². The molecule has 5 nitrogen and oxygen atoms in total. The van der Waals surface area contributed by atoms with Crippen molar-refractivity contribution in [2.75, 3.05) is 11.9 Å². The highest BCUT2D eigenvalue weighted by Crippen LogP contribution is 2.11. The second-order valence-electron chi connectivity index (χ2n) is 4.62. The van der Waals surface area contributed by atoms with Gasteiger partial charge < -0.3 is 15.2 Å². The topological polar surface area (TPSA) is 75.6 Å². The number of nitrogens with one attached hydrogen (secondary N) is 1. The first kappa shape index (κ1) is 16.2. The molecule has 0 saturated heterocycles. The molecule has 0 fully saturated rings. The zero-order valence-corrected chi connectivity index (χ0v) is 11.9. The Morgan fingerprint density at radius 2 is 1.95 bits per heavy atom. The van der Waals surface area contributed by atoms with Gasteiger partial charge >= 0.3 is 5.97 Å². The molecule has 0 bridgehead atoms. The minimum Gasteiger partial charge on any atom is -0.481 e. The Bertz CT molecular complexity index is 442. The third-order valence-corrected chi connectivity index (χ3v) is 2.81. The molecule has 0 aliphatic carbocycles. The quantitative estimate of drug-likeness (QED) is 0.717. The molecule has 0 saturated carbocycles. The summed E-state index contributed by atoms with van der Waals surface area (Å²) >= 11 is 0. The monoisotopic (exact) mass is 279 g/mol. The lowest BCUT2D eigenvalue weighted by atomic mass is 10.1. The fourth-order valence-corrected chi connectivity index (χ4v) is 1.60. The molecular formula is C15H21NO4. The lowest BCUT2D eigenvalue weighted by Crippen LogP contribution is -2.28. The molecule has 0 radical (unpaired) electrons. The van der Waals surface area contributed by atoms with Gasteiger partial charge in [0, 0.05) is 12.3 Å². The smallest absolute Gasteiger partial charge is 0.307 e. The normalized spacial score (nSPS) is 11.9. The molecular weight excluding hydrogens is 258 g/mol. The minimum atomic E-state index is -0.875. The molecule has 0 spiro atoms. The Hall–Kier alpha value is -1.88. The third-order valence-electron chi connectivity index (χ3n) is 2.81. The summed E-state index contributed by atoms with van der Waals surface area (Å²) in [6.45, 7) is 4.35. The predicted molar refractivity (Wildman–Crippen MR) is 76.7 cm³/mol. The number of ether oxygens (including phenoxy) is 1. The number of unbranched alkanes of at least 4 members (excludes halogenated alkanes) is 1. The van der Waals surface area contributed by atoms with Crippen LogP contribution < -0.4 is 5.32 Å². The van der Waals surface area contributed by atoms with E-state index >= 15 is 0 Å². The maximum atomic E-state index is 11.8. The van der Waals surface area contributed by atoms with E-state index in [2.05, 4.69) is 12.2 Å². The van der Waals surface area contributed by atoms with Gasteiger partial charge in [0.15, 0.2) is 0 Å². The highest BCUT2D eigenvalue weighted by atomic mass is 16.5. The maximum absolute atomic E-state index is 11.8. The second-order valence-corrected chi connectivity index (χ2v) is 4.62. The van der Waals surface area contributed by atoms with Crippen LogP contribution in [0.15, 0.2) is 24.3 Å². The van der Waals surface area contributed by atoms with E-state index in [-0.39, 0.29) is 12.3 Å². The Morgan fingerprint density at radius 3 is 2.50 bits per heavy atom. The lowest BCUT2D eigenvalue weighted by Gasteiger charge is -2.13. The van der Waals surface area contributed by atoms with Crippen molar-refractivity contribution in [2.24, 2.45) is 0 Å². The highest BCUT2D eigenvalue weighted by Gasteiger charge is 2.13. The van der Waals surface area contributed by atoms with E-state index < -0.39 is 12.1 Å². The summed E-state index contributed by atoms with van der Waals surface area (Å²) in [5.74, 6) is -1.08. The van der Waals surface area contributed by atoms with Gasteiger partial charge in [-0.3, -0.25) is 9.59 Å². The Morgan fingerprint density at radius 1 is 1.30 bits per heavy atom. The molecule has 0 aromatic heterocycles. The van der Waals surface area contributed by atoms with Crippen molar-refractivity contribution >= 4 is 17.6 Å². The van der Waals surface area contributed by atoms with Crippen LogP contribution in [0.2, 0.25) is 0 Å². The van der Waals surface area contributed by atoms with Gasteiger partial charge in [0.2, 0.25) is 0 Å². The molecule has 5 heteroatoms. The standard InChI is InChI=1S/C15H21NO4/c1-3-4-9-20-11(2)15(19)16-13-7-5-12(6-8-13)10-14(17)18/h5-8,11H,3-4,9-10H2,1-2H3,(H,16,19)(H,17,18). The first-order valence-electron chi connectivity index (χ1n) is 6.76. The Kier molecular flexibility index (Phi) is 6.73. The molecule has 1 aromatic rings. The van der Waals surface area contributed by atoms with Crippen LogP contribution in [0, 0.1) is 0 Å². The molecule has 1 rings (SSSR count). The van der Waals surface area contributed by atoms with Crippen molar-refractivity contribution in [2.45, 2.75) is 39.2 Å². The summed E-state index contributed by atoms with van der Waals surface area (Å²) in [5.41, 5.74) is 1.33. The van der Waals surface area contributed by atoms with Crippen molar-refractivity contribution in [1.82, 2.24) is 0 Å². The van der Waals surface area contributed by atoms with Crippen LogP contribution in [-0.4, -0.2) is 29.7 Å². The van der Waals surface area contributed by atoms with Gasteiger partial charge in [-0.05, 0) is 31.0 Å². The molecule has 2 N–H and O–H groups in total. The van der Waals surface area contributed by atoms with Gasteiger partial charge in [-0.2, -0.15) is 0 Å². The molecule has 0 aliphatic heterocycles. The van der Waals surface area contributed by atoms with Gasteiger partial charge in [0.25, 0.3) is 5.91 Å². The van der Waals surface area contributed by atoms with Gasteiger partial charge in [-0.25, -0.2) is 0 Å². The first-order chi connectivity index (χ1) is 9.52. The molecule has 1 atom stereocenters. The molecule has 110 valence electrons. The number of carboxylic acid groups (broad SMARTS) is 1. The van der Waals surface area contributed by atoms with Crippen molar-refractivity contribution in [3.8, 4) is 0 Å². The summed E-state index contributed by atoms with van der Waals surface area (Å²) in [4.78, 5) is 22.4. The number of hydrogen-bond acceptors (Lipinski definition) is 3. The largest absolute Gasteiger partial charge is 0.481 e. The summed E-state index contributed by atoms with van der Waals surface area (Å²) in [6, 6.07) is 6.75. The number of amides is 1. The SMILES string of the molecule is CCCCOC(C)C(=O)Nc1ccc(CC(=O)O)cc1. The average molecular weight is 279 g/mol.